The number of alkyl halides is 1. The lowest BCUT2D eigenvalue weighted by atomic mass is 9.76. The third-order valence-electron chi connectivity index (χ3n) is 5.62. The molecule has 0 bridgehead atoms. The molecule has 0 heterocycles. The van der Waals surface area contributed by atoms with Crippen LogP contribution in [-0.4, -0.2) is 12.7 Å². The highest BCUT2D eigenvalue weighted by Crippen LogP contribution is 2.44. The van der Waals surface area contributed by atoms with Crippen LogP contribution in [0.5, 0.6) is 0 Å². The second-order valence-electron chi connectivity index (χ2n) is 6.91. The Balaban J connectivity index is 1.63. The second-order valence-corrected chi connectivity index (χ2v) is 8.02. The number of hydrogen-bond donors (Lipinski definition) is 0. The molecule has 0 aliphatic heterocycles. The molecule has 1 unspecified atom stereocenters. The van der Waals surface area contributed by atoms with Gasteiger partial charge in [-0.05, 0) is 55.6 Å². The van der Waals surface area contributed by atoms with E-state index in [2.05, 4.69) is 40.2 Å². The monoisotopic (exact) mass is 350 g/mol. The summed E-state index contributed by atoms with van der Waals surface area (Å²) in [5, 5.41) is 0. The summed E-state index contributed by atoms with van der Waals surface area (Å²) in [7, 11) is 1.87. The minimum Gasteiger partial charge on any atom is -0.378 e. The summed E-state index contributed by atoms with van der Waals surface area (Å²) in [6, 6.07) is 9.37. The van der Waals surface area contributed by atoms with Crippen LogP contribution in [0.25, 0.3) is 0 Å². The molecular formula is C19H27BrO. The standard InChI is InChI=1S/C19H27BrO/c1-21-19(12-5-13-19)14-18(20)17-10-8-16(9-11-17)15-6-3-2-4-7-15/h8-11,15,18H,2-7,12-14H2,1H3. The predicted octanol–water partition coefficient (Wildman–Crippen LogP) is 6.13. The Morgan fingerprint density at radius 1 is 1.10 bits per heavy atom. The molecule has 116 valence electrons. The van der Waals surface area contributed by atoms with E-state index in [0.29, 0.717) is 4.83 Å². The Bertz CT molecular complexity index is 438. The highest BCUT2D eigenvalue weighted by atomic mass is 79.9. The molecular weight excluding hydrogens is 324 g/mol. The van der Waals surface area contributed by atoms with Crippen molar-refractivity contribution in [3.8, 4) is 0 Å². The van der Waals surface area contributed by atoms with Gasteiger partial charge in [-0.1, -0.05) is 59.5 Å². The summed E-state index contributed by atoms with van der Waals surface area (Å²) in [5.41, 5.74) is 3.08. The van der Waals surface area contributed by atoms with Gasteiger partial charge < -0.3 is 4.74 Å². The molecule has 21 heavy (non-hydrogen) atoms. The van der Waals surface area contributed by atoms with Gasteiger partial charge in [-0.2, -0.15) is 0 Å². The van der Waals surface area contributed by atoms with Crippen molar-refractivity contribution in [3.05, 3.63) is 35.4 Å². The molecule has 1 nitrogen and oxygen atoms in total. The van der Waals surface area contributed by atoms with Gasteiger partial charge in [0.05, 0.1) is 5.60 Å². The Kier molecular flexibility index (Phi) is 5.06. The second kappa shape index (κ2) is 6.83. The van der Waals surface area contributed by atoms with Gasteiger partial charge in [-0.25, -0.2) is 0 Å². The van der Waals surface area contributed by atoms with Gasteiger partial charge in [-0.15, -0.1) is 0 Å². The van der Waals surface area contributed by atoms with Crippen LogP contribution in [0.4, 0.5) is 0 Å². The van der Waals surface area contributed by atoms with E-state index in [1.54, 1.807) is 5.56 Å². The molecule has 2 saturated carbocycles. The normalized spacial score (nSPS) is 23.5. The first kappa shape index (κ1) is 15.6. The Hall–Kier alpha value is -0.340. The lowest BCUT2D eigenvalue weighted by molar-refractivity contribution is -0.0773. The molecule has 0 aromatic heterocycles. The number of ether oxygens (including phenoxy) is 1. The molecule has 3 rings (SSSR count). The van der Waals surface area contributed by atoms with E-state index in [-0.39, 0.29) is 5.60 Å². The summed E-state index contributed by atoms with van der Waals surface area (Å²) in [6.45, 7) is 0. The van der Waals surface area contributed by atoms with E-state index in [4.69, 9.17) is 4.74 Å². The SMILES string of the molecule is COC1(CC(Br)c2ccc(C3CCCCC3)cc2)CCC1. The molecule has 0 radical (unpaired) electrons. The molecule has 2 aliphatic carbocycles. The zero-order valence-corrected chi connectivity index (χ0v) is 14.7. The Labute approximate surface area is 137 Å². The van der Waals surface area contributed by atoms with Gasteiger partial charge in [0.25, 0.3) is 0 Å². The fraction of sp³-hybridized carbons (Fsp3) is 0.684. The average molecular weight is 351 g/mol. The molecule has 1 aromatic rings. The summed E-state index contributed by atoms with van der Waals surface area (Å²) < 4.78 is 5.75. The van der Waals surface area contributed by atoms with E-state index in [0.717, 1.165) is 12.3 Å². The van der Waals surface area contributed by atoms with Crippen molar-refractivity contribution in [2.45, 2.75) is 74.1 Å². The van der Waals surface area contributed by atoms with Crippen LogP contribution in [0.1, 0.15) is 79.7 Å². The van der Waals surface area contributed by atoms with E-state index in [9.17, 15) is 0 Å². The first-order valence-electron chi connectivity index (χ1n) is 8.51. The van der Waals surface area contributed by atoms with Crippen LogP contribution in [0.3, 0.4) is 0 Å². The van der Waals surface area contributed by atoms with Crippen LogP contribution < -0.4 is 0 Å². The van der Waals surface area contributed by atoms with Gasteiger partial charge in [0.1, 0.15) is 0 Å². The number of rotatable bonds is 5. The minimum absolute atomic E-state index is 0.135. The fourth-order valence-electron chi connectivity index (χ4n) is 3.92. The summed E-state index contributed by atoms with van der Waals surface area (Å²) in [6.07, 6.45) is 11.8. The molecule has 2 heteroatoms. The van der Waals surface area contributed by atoms with Crippen molar-refractivity contribution >= 4 is 15.9 Å². The fourth-order valence-corrected chi connectivity index (χ4v) is 4.82. The summed E-state index contributed by atoms with van der Waals surface area (Å²) >= 11 is 3.88. The van der Waals surface area contributed by atoms with Crippen LogP contribution in [0, 0.1) is 0 Å². The molecule has 2 aliphatic rings. The van der Waals surface area contributed by atoms with Crippen LogP contribution in [0.15, 0.2) is 24.3 Å². The Morgan fingerprint density at radius 3 is 2.29 bits per heavy atom. The van der Waals surface area contributed by atoms with Gasteiger partial charge in [0, 0.05) is 11.9 Å². The number of hydrogen-bond acceptors (Lipinski definition) is 1. The molecule has 0 saturated heterocycles. The summed E-state index contributed by atoms with van der Waals surface area (Å²) in [5.74, 6) is 0.804. The largest absolute Gasteiger partial charge is 0.378 e. The predicted molar refractivity (Wildman–Crippen MR) is 92.1 cm³/mol. The first-order valence-corrected chi connectivity index (χ1v) is 9.43. The van der Waals surface area contributed by atoms with Gasteiger partial charge in [0.15, 0.2) is 0 Å². The number of halogens is 1. The van der Waals surface area contributed by atoms with Crippen molar-refractivity contribution < 1.29 is 4.74 Å². The van der Waals surface area contributed by atoms with Crippen LogP contribution in [0.2, 0.25) is 0 Å². The highest BCUT2D eigenvalue weighted by molar-refractivity contribution is 9.09. The topological polar surface area (TPSA) is 9.23 Å². The van der Waals surface area contributed by atoms with Crippen molar-refractivity contribution in [3.63, 3.8) is 0 Å². The van der Waals surface area contributed by atoms with Crippen molar-refractivity contribution in [1.82, 2.24) is 0 Å². The van der Waals surface area contributed by atoms with Crippen molar-refractivity contribution in [2.24, 2.45) is 0 Å². The zero-order chi connectivity index (χ0) is 14.7. The molecule has 0 N–H and O–H groups in total. The number of methoxy groups -OCH3 is 1. The molecule has 0 amide bonds. The van der Waals surface area contributed by atoms with E-state index in [1.807, 2.05) is 7.11 Å². The quantitative estimate of drug-likeness (QED) is 0.580. The maximum absolute atomic E-state index is 5.75. The smallest absolute Gasteiger partial charge is 0.0692 e. The van der Waals surface area contributed by atoms with Gasteiger partial charge >= 0.3 is 0 Å². The average Bonchev–Trinajstić information content (AvgIpc) is 2.52. The summed E-state index contributed by atoms with van der Waals surface area (Å²) in [4.78, 5) is 0.415. The van der Waals surface area contributed by atoms with Crippen LogP contribution >= 0.6 is 15.9 Å². The van der Waals surface area contributed by atoms with E-state index < -0.39 is 0 Å². The molecule has 1 atom stereocenters. The van der Waals surface area contributed by atoms with Crippen molar-refractivity contribution in [1.29, 1.82) is 0 Å². The van der Waals surface area contributed by atoms with E-state index >= 15 is 0 Å². The highest BCUT2D eigenvalue weighted by Gasteiger charge is 2.38. The van der Waals surface area contributed by atoms with Crippen LogP contribution in [-0.2, 0) is 4.74 Å². The molecule has 1 aromatic carbocycles. The zero-order valence-electron chi connectivity index (χ0n) is 13.1. The molecule has 2 fully saturated rings. The van der Waals surface area contributed by atoms with Crippen molar-refractivity contribution in [2.75, 3.05) is 7.11 Å². The minimum atomic E-state index is 0.135. The maximum atomic E-state index is 5.75. The Morgan fingerprint density at radius 2 is 1.76 bits per heavy atom. The van der Waals surface area contributed by atoms with Gasteiger partial charge in [-0.3, -0.25) is 0 Å². The number of benzene rings is 1. The lowest BCUT2D eigenvalue weighted by Crippen LogP contribution is -2.39. The van der Waals surface area contributed by atoms with Gasteiger partial charge in [0.2, 0.25) is 0 Å². The molecule has 0 spiro atoms. The maximum Gasteiger partial charge on any atom is 0.0692 e. The third kappa shape index (κ3) is 3.53. The first-order chi connectivity index (χ1) is 10.2. The lowest BCUT2D eigenvalue weighted by Gasteiger charge is -2.42. The van der Waals surface area contributed by atoms with E-state index in [1.165, 1.54) is 56.9 Å². The third-order valence-corrected chi connectivity index (χ3v) is 6.48.